The molecular formula is C23H29N7O2. The number of amides is 1. The first-order valence-electron chi connectivity index (χ1n) is 10.9. The summed E-state index contributed by atoms with van der Waals surface area (Å²) in [5.41, 5.74) is 3.01. The van der Waals surface area contributed by atoms with Gasteiger partial charge in [0.05, 0.1) is 16.6 Å². The van der Waals surface area contributed by atoms with Crippen LogP contribution in [-0.2, 0) is 11.3 Å². The van der Waals surface area contributed by atoms with Gasteiger partial charge in [-0.25, -0.2) is 9.97 Å². The summed E-state index contributed by atoms with van der Waals surface area (Å²) in [4.78, 5) is 32.5. The zero-order valence-corrected chi connectivity index (χ0v) is 18.5. The second-order valence-corrected chi connectivity index (χ2v) is 8.20. The van der Waals surface area contributed by atoms with Gasteiger partial charge in [-0.15, -0.1) is 0 Å². The Morgan fingerprint density at radius 3 is 2.88 bits per heavy atom. The molecule has 9 heteroatoms. The molecule has 1 aromatic carbocycles. The van der Waals surface area contributed by atoms with E-state index in [2.05, 4.69) is 43.3 Å². The minimum Gasteiger partial charge on any atom is -0.494 e. The zero-order chi connectivity index (χ0) is 22.5. The monoisotopic (exact) mass is 435 g/mol. The van der Waals surface area contributed by atoms with E-state index in [4.69, 9.17) is 0 Å². The van der Waals surface area contributed by atoms with Gasteiger partial charge in [0.1, 0.15) is 17.8 Å². The molecule has 0 spiro atoms. The van der Waals surface area contributed by atoms with E-state index < -0.39 is 0 Å². The SMILES string of the molecule is CN1CCCCC(=O)N(C)CCNc2ncnc3[nH]c(O)c(c23)C=Nc2cccc(c2)C1. The van der Waals surface area contributed by atoms with Crippen molar-refractivity contribution in [2.24, 2.45) is 4.99 Å². The van der Waals surface area contributed by atoms with Crippen LogP contribution in [0.1, 0.15) is 30.4 Å². The summed E-state index contributed by atoms with van der Waals surface area (Å²) in [6, 6.07) is 8.04. The van der Waals surface area contributed by atoms with E-state index in [1.54, 1.807) is 11.1 Å². The molecule has 0 saturated heterocycles. The van der Waals surface area contributed by atoms with Crippen LogP contribution < -0.4 is 5.32 Å². The molecule has 4 rings (SSSR count). The van der Waals surface area contributed by atoms with Crippen molar-refractivity contribution in [1.29, 1.82) is 0 Å². The van der Waals surface area contributed by atoms with Gasteiger partial charge in [0.15, 0.2) is 5.88 Å². The van der Waals surface area contributed by atoms with Crippen LogP contribution >= 0.6 is 0 Å². The molecule has 32 heavy (non-hydrogen) atoms. The van der Waals surface area contributed by atoms with Crippen LogP contribution in [0.15, 0.2) is 35.6 Å². The minimum absolute atomic E-state index is 0.0126. The number of carbonyl (C=O) groups excluding carboxylic acids is 1. The lowest BCUT2D eigenvalue weighted by atomic mass is 10.1. The van der Waals surface area contributed by atoms with Crippen molar-refractivity contribution in [3.63, 3.8) is 0 Å². The first-order chi connectivity index (χ1) is 15.5. The van der Waals surface area contributed by atoms with E-state index >= 15 is 0 Å². The molecule has 9 nitrogen and oxygen atoms in total. The number of carbonyl (C=O) groups is 1. The number of rotatable bonds is 0. The Labute approximate surface area is 187 Å². The average Bonchev–Trinajstić information content (AvgIpc) is 3.10. The van der Waals surface area contributed by atoms with Gasteiger partial charge in [0.25, 0.3) is 0 Å². The molecule has 2 bridgehead atoms. The van der Waals surface area contributed by atoms with E-state index in [-0.39, 0.29) is 11.8 Å². The largest absolute Gasteiger partial charge is 0.494 e. The van der Waals surface area contributed by atoms with E-state index in [9.17, 15) is 9.90 Å². The van der Waals surface area contributed by atoms with Gasteiger partial charge >= 0.3 is 0 Å². The molecule has 168 valence electrons. The van der Waals surface area contributed by atoms with Gasteiger partial charge in [0, 0.05) is 39.3 Å². The summed E-state index contributed by atoms with van der Waals surface area (Å²) in [5, 5.41) is 14.4. The molecule has 3 heterocycles. The maximum Gasteiger partial charge on any atom is 0.222 e. The Morgan fingerprint density at radius 1 is 1.12 bits per heavy atom. The Balaban J connectivity index is 1.68. The van der Waals surface area contributed by atoms with Crippen LogP contribution in [0.4, 0.5) is 11.5 Å². The van der Waals surface area contributed by atoms with Crippen molar-refractivity contribution in [1.82, 2.24) is 24.8 Å². The van der Waals surface area contributed by atoms with Crippen LogP contribution in [-0.4, -0.2) is 75.7 Å². The third-order valence-corrected chi connectivity index (χ3v) is 5.66. The highest BCUT2D eigenvalue weighted by Crippen LogP contribution is 2.29. The van der Waals surface area contributed by atoms with Crippen molar-refractivity contribution in [3.05, 3.63) is 41.7 Å². The molecule has 3 N–H and O–H groups in total. The van der Waals surface area contributed by atoms with Crippen LogP contribution in [0.5, 0.6) is 5.88 Å². The third kappa shape index (κ3) is 5.05. The molecule has 1 aliphatic rings. The number of aromatic nitrogens is 3. The number of hydrogen-bond donors (Lipinski definition) is 3. The fraction of sp³-hybridized carbons (Fsp3) is 0.391. The van der Waals surface area contributed by atoms with E-state index in [1.165, 1.54) is 6.33 Å². The van der Waals surface area contributed by atoms with Crippen molar-refractivity contribution >= 4 is 34.7 Å². The summed E-state index contributed by atoms with van der Waals surface area (Å²) < 4.78 is 0. The van der Waals surface area contributed by atoms with Crippen LogP contribution in [0.3, 0.4) is 0 Å². The Hall–Kier alpha value is -3.46. The lowest BCUT2D eigenvalue weighted by Gasteiger charge is -2.19. The van der Waals surface area contributed by atoms with Crippen molar-refractivity contribution in [2.75, 3.05) is 39.0 Å². The highest BCUT2D eigenvalue weighted by Gasteiger charge is 2.16. The highest BCUT2D eigenvalue weighted by molar-refractivity contribution is 6.06. The lowest BCUT2D eigenvalue weighted by Crippen LogP contribution is -2.31. The number of H-pyrrole nitrogens is 1. The van der Waals surface area contributed by atoms with E-state index in [0.717, 1.165) is 37.2 Å². The summed E-state index contributed by atoms with van der Waals surface area (Å²) >= 11 is 0. The van der Waals surface area contributed by atoms with Gasteiger partial charge < -0.3 is 25.2 Å². The van der Waals surface area contributed by atoms with Gasteiger partial charge in [-0.2, -0.15) is 0 Å². The summed E-state index contributed by atoms with van der Waals surface area (Å²) in [5.74, 6) is 0.712. The van der Waals surface area contributed by atoms with E-state index in [0.29, 0.717) is 41.9 Å². The number of fused-ring (bicyclic) bond motifs is 2. The number of nitrogens with zero attached hydrogens (tertiary/aromatic N) is 5. The smallest absolute Gasteiger partial charge is 0.222 e. The standard InChI is InChI=1S/C23H29N7O2/c1-29-10-4-3-8-19(31)30(2)11-9-24-21-20-18(23(32)28-22(20)27-15-26-21)13-25-17-7-5-6-16(12-17)14-29/h5-7,12-13,15,32H,3-4,8-11,14H2,1-2H3,(H2,24,26,27,28). The Bertz CT molecular complexity index is 1120. The molecule has 0 atom stereocenters. The van der Waals surface area contributed by atoms with Crippen molar-refractivity contribution in [3.8, 4) is 5.88 Å². The first-order valence-corrected chi connectivity index (χ1v) is 10.9. The van der Waals surface area contributed by atoms with E-state index in [1.807, 2.05) is 25.2 Å². The van der Waals surface area contributed by atoms with Gasteiger partial charge in [-0.05, 0) is 44.1 Å². The highest BCUT2D eigenvalue weighted by atomic mass is 16.3. The normalized spacial score (nSPS) is 16.9. The number of aliphatic imine (C=N–C) groups is 1. The molecule has 1 aliphatic heterocycles. The second kappa shape index (κ2) is 9.78. The predicted molar refractivity (Wildman–Crippen MR) is 126 cm³/mol. The van der Waals surface area contributed by atoms with Crippen LogP contribution in [0, 0.1) is 0 Å². The van der Waals surface area contributed by atoms with Gasteiger partial charge in [-0.1, -0.05) is 12.1 Å². The maximum atomic E-state index is 12.4. The number of anilines is 1. The number of benzene rings is 1. The molecule has 0 radical (unpaired) electrons. The Kier molecular flexibility index (Phi) is 6.65. The molecule has 0 fully saturated rings. The van der Waals surface area contributed by atoms with Gasteiger partial charge in [-0.3, -0.25) is 9.79 Å². The average molecular weight is 436 g/mol. The summed E-state index contributed by atoms with van der Waals surface area (Å²) in [7, 11) is 3.91. The number of hydrogen-bond acceptors (Lipinski definition) is 7. The van der Waals surface area contributed by atoms with Gasteiger partial charge in [0.2, 0.25) is 5.91 Å². The maximum absolute atomic E-state index is 12.4. The molecule has 2 aromatic heterocycles. The molecule has 3 aromatic rings. The zero-order valence-electron chi connectivity index (χ0n) is 18.5. The lowest BCUT2D eigenvalue weighted by molar-refractivity contribution is -0.129. The molecule has 0 aliphatic carbocycles. The predicted octanol–water partition coefficient (Wildman–Crippen LogP) is 2.90. The summed E-state index contributed by atoms with van der Waals surface area (Å²) in [6.45, 7) is 2.81. The topological polar surface area (TPSA) is 110 Å². The number of aromatic hydroxyl groups is 1. The van der Waals surface area contributed by atoms with Crippen LogP contribution in [0.2, 0.25) is 0 Å². The number of nitrogens with one attached hydrogen (secondary N) is 2. The van der Waals surface area contributed by atoms with Crippen molar-refractivity contribution < 1.29 is 9.90 Å². The Morgan fingerprint density at radius 2 is 2.00 bits per heavy atom. The fourth-order valence-corrected chi connectivity index (χ4v) is 3.87. The van der Waals surface area contributed by atoms with Crippen molar-refractivity contribution in [2.45, 2.75) is 25.8 Å². The van der Waals surface area contributed by atoms with Crippen LogP contribution in [0.25, 0.3) is 11.0 Å². The number of likely N-dealkylation sites (N-methyl/N-ethyl adjacent to an activating group) is 1. The molecule has 0 unspecified atom stereocenters. The first kappa shape index (κ1) is 21.8. The molecular weight excluding hydrogens is 406 g/mol. The molecule has 0 saturated carbocycles. The third-order valence-electron chi connectivity index (χ3n) is 5.66. The molecule has 1 amide bonds. The quantitative estimate of drug-likeness (QED) is 0.501. The second-order valence-electron chi connectivity index (χ2n) is 8.20. The fourth-order valence-electron chi connectivity index (χ4n) is 3.87. The minimum atomic E-state index is -0.0126. The summed E-state index contributed by atoms with van der Waals surface area (Å²) in [6.07, 6.45) is 5.45. The number of aromatic amines is 1.